The maximum atomic E-state index is 12.4. The Bertz CT molecular complexity index is 1170. The van der Waals surface area contributed by atoms with Crippen LogP contribution in [0, 0.1) is 0 Å². The van der Waals surface area contributed by atoms with Gasteiger partial charge in [0.1, 0.15) is 11.1 Å². The van der Waals surface area contributed by atoms with Crippen LogP contribution < -0.4 is 16.3 Å². The van der Waals surface area contributed by atoms with Gasteiger partial charge in [-0.05, 0) is 37.1 Å². The number of amides is 2. The molecule has 0 unspecified atom stereocenters. The summed E-state index contributed by atoms with van der Waals surface area (Å²) in [6, 6.07) is 8.05. The van der Waals surface area contributed by atoms with Crippen LogP contribution in [0.3, 0.4) is 0 Å². The van der Waals surface area contributed by atoms with E-state index in [1.807, 2.05) is 0 Å². The summed E-state index contributed by atoms with van der Waals surface area (Å²) in [4.78, 5) is 40.0. The van der Waals surface area contributed by atoms with E-state index in [9.17, 15) is 14.4 Å². The number of aromatic nitrogens is 2. The molecule has 2 aromatic heterocycles. The molecule has 0 saturated heterocycles. The number of nitrogens with one attached hydrogen (secondary N) is 2. The van der Waals surface area contributed by atoms with Crippen LogP contribution in [-0.2, 0) is 21.5 Å². The van der Waals surface area contributed by atoms with Crippen molar-refractivity contribution < 1.29 is 18.5 Å². The lowest BCUT2D eigenvalue weighted by Crippen LogP contribution is -2.45. The van der Waals surface area contributed by atoms with Crippen molar-refractivity contribution in [2.75, 3.05) is 5.32 Å². The van der Waals surface area contributed by atoms with Crippen molar-refractivity contribution in [3.05, 3.63) is 52.5 Å². The quantitative estimate of drug-likeness (QED) is 0.446. The fourth-order valence-corrected chi connectivity index (χ4v) is 4.22. The third-order valence-electron chi connectivity index (χ3n) is 5.74. The highest BCUT2D eigenvalue weighted by atomic mass is 16.5. The first-order valence-corrected chi connectivity index (χ1v) is 10.9. The maximum Gasteiger partial charge on any atom is 0.336 e. The molecule has 4 rings (SSSR count). The van der Waals surface area contributed by atoms with Crippen LogP contribution in [0.15, 0.2) is 44.1 Å². The number of fused-ring (bicyclic) bond motifs is 1. The van der Waals surface area contributed by atoms with Gasteiger partial charge in [-0.25, -0.2) is 4.79 Å². The molecule has 0 aliphatic heterocycles. The molecule has 32 heavy (non-hydrogen) atoms. The molecule has 1 aliphatic carbocycles. The lowest BCUT2D eigenvalue weighted by atomic mass is 9.89. The molecule has 9 heteroatoms. The van der Waals surface area contributed by atoms with Crippen molar-refractivity contribution >= 4 is 28.5 Å². The van der Waals surface area contributed by atoms with Gasteiger partial charge in [0.25, 0.3) is 0 Å². The molecule has 0 bridgehead atoms. The molecule has 9 nitrogen and oxygen atoms in total. The number of aryl methyl sites for hydroxylation is 1. The second kappa shape index (κ2) is 9.33. The first kappa shape index (κ1) is 21.7. The van der Waals surface area contributed by atoms with Gasteiger partial charge in [0.05, 0.1) is 0 Å². The zero-order valence-electron chi connectivity index (χ0n) is 18.0. The van der Waals surface area contributed by atoms with Gasteiger partial charge < -0.3 is 19.6 Å². The van der Waals surface area contributed by atoms with Crippen LogP contribution in [0.2, 0.25) is 0 Å². The minimum absolute atomic E-state index is 0.118. The van der Waals surface area contributed by atoms with Crippen molar-refractivity contribution in [3.8, 4) is 0 Å². The van der Waals surface area contributed by atoms with Crippen molar-refractivity contribution in [1.82, 2.24) is 15.5 Å². The molecule has 0 spiro atoms. The zero-order valence-corrected chi connectivity index (χ0v) is 18.0. The minimum Gasteiger partial charge on any atom is -0.423 e. The SMILES string of the molecule is CC(=O)NC1(c2noc(CCC(=O)Nc3ccc4oc(=O)ccc4c3)n2)CCCCCC1. The molecule has 2 N–H and O–H groups in total. The molecular weight excluding hydrogens is 412 g/mol. The van der Waals surface area contributed by atoms with Gasteiger partial charge >= 0.3 is 5.63 Å². The molecule has 0 radical (unpaired) electrons. The molecular formula is C23H26N4O5. The van der Waals surface area contributed by atoms with E-state index >= 15 is 0 Å². The van der Waals surface area contributed by atoms with E-state index in [2.05, 4.69) is 20.8 Å². The third-order valence-corrected chi connectivity index (χ3v) is 5.74. The van der Waals surface area contributed by atoms with E-state index in [0.717, 1.165) is 43.9 Å². The Kier molecular flexibility index (Phi) is 6.34. The summed E-state index contributed by atoms with van der Waals surface area (Å²) in [5.74, 6) is 0.533. The molecule has 2 amide bonds. The predicted molar refractivity (Wildman–Crippen MR) is 117 cm³/mol. The third kappa shape index (κ3) is 5.04. The lowest BCUT2D eigenvalue weighted by Gasteiger charge is -2.30. The minimum atomic E-state index is -0.605. The van der Waals surface area contributed by atoms with Gasteiger partial charge in [0, 0.05) is 36.9 Å². The fourth-order valence-electron chi connectivity index (χ4n) is 4.22. The highest BCUT2D eigenvalue weighted by Crippen LogP contribution is 2.34. The van der Waals surface area contributed by atoms with Gasteiger partial charge in [-0.15, -0.1) is 0 Å². The first-order valence-electron chi connectivity index (χ1n) is 10.9. The summed E-state index contributed by atoms with van der Waals surface area (Å²) in [6.45, 7) is 1.50. The van der Waals surface area contributed by atoms with Crippen LogP contribution >= 0.6 is 0 Å². The molecule has 1 saturated carbocycles. The smallest absolute Gasteiger partial charge is 0.336 e. The van der Waals surface area contributed by atoms with E-state index in [1.165, 1.54) is 13.0 Å². The summed E-state index contributed by atoms with van der Waals surface area (Å²) in [5.41, 5.74) is 0.0374. The number of carbonyl (C=O) groups excluding carboxylic acids is 2. The van der Waals surface area contributed by atoms with Gasteiger partial charge in [0.2, 0.25) is 17.7 Å². The molecule has 3 aromatic rings. The van der Waals surface area contributed by atoms with Crippen molar-refractivity contribution in [1.29, 1.82) is 0 Å². The lowest BCUT2D eigenvalue weighted by molar-refractivity contribution is -0.121. The Morgan fingerprint density at radius 1 is 1.09 bits per heavy atom. The average Bonchev–Trinajstić information content (AvgIpc) is 3.12. The van der Waals surface area contributed by atoms with E-state index < -0.39 is 11.2 Å². The van der Waals surface area contributed by atoms with E-state index in [-0.39, 0.29) is 24.7 Å². The molecule has 168 valence electrons. The summed E-state index contributed by atoms with van der Waals surface area (Å²) < 4.78 is 10.5. The van der Waals surface area contributed by atoms with Crippen molar-refractivity contribution in [2.24, 2.45) is 0 Å². The number of hydrogen-bond donors (Lipinski definition) is 2. The van der Waals surface area contributed by atoms with E-state index in [0.29, 0.717) is 23.0 Å². The van der Waals surface area contributed by atoms with Gasteiger partial charge in [-0.1, -0.05) is 30.8 Å². The molecule has 1 aromatic carbocycles. The molecule has 0 atom stereocenters. The van der Waals surface area contributed by atoms with Gasteiger partial charge in [-0.3, -0.25) is 9.59 Å². The highest BCUT2D eigenvalue weighted by Gasteiger charge is 2.38. The van der Waals surface area contributed by atoms with Crippen LogP contribution in [0.4, 0.5) is 5.69 Å². The second-order valence-electron chi connectivity index (χ2n) is 8.24. The summed E-state index contributed by atoms with van der Waals surface area (Å²) in [7, 11) is 0. The molecule has 1 fully saturated rings. The standard InChI is InChI=1S/C23H26N4O5/c1-15(28)26-23(12-4-2-3-5-13-23)22-25-20(32-27-22)10-9-19(29)24-17-7-8-18-16(14-17)6-11-21(30)31-18/h6-8,11,14H,2-5,9-10,12-13H2,1H3,(H,24,29)(H,26,28). The maximum absolute atomic E-state index is 12.4. The average molecular weight is 438 g/mol. The number of rotatable bonds is 6. The second-order valence-corrected chi connectivity index (χ2v) is 8.24. The first-order chi connectivity index (χ1) is 15.4. The fraction of sp³-hybridized carbons (Fsp3) is 0.435. The Balaban J connectivity index is 1.40. The van der Waals surface area contributed by atoms with E-state index in [1.54, 1.807) is 24.3 Å². The molecule has 1 aliphatic rings. The Labute approximate surface area is 184 Å². The summed E-state index contributed by atoms with van der Waals surface area (Å²) in [5, 5.41) is 10.7. The number of hydrogen-bond acceptors (Lipinski definition) is 7. The van der Waals surface area contributed by atoms with Gasteiger partial charge in [-0.2, -0.15) is 4.98 Å². The normalized spacial score (nSPS) is 15.8. The Hall–Kier alpha value is -3.49. The zero-order chi connectivity index (χ0) is 22.6. The number of nitrogens with zero attached hydrogens (tertiary/aromatic N) is 2. The highest BCUT2D eigenvalue weighted by molar-refractivity contribution is 5.93. The summed E-state index contributed by atoms with van der Waals surface area (Å²) >= 11 is 0. The van der Waals surface area contributed by atoms with E-state index in [4.69, 9.17) is 8.94 Å². The Morgan fingerprint density at radius 3 is 2.62 bits per heavy atom. The van der Waals surface area contributed by atoms with Crippen molar-refractivity contribution in [3.63, 3.8) is 0 Å². The monoisotopic (exact) mass is 438 g/mol. The number of benzene rings is 1. The van der Waals surface area contributed by atoms with Crippen LogP contribution in [-0.4, -0.2) is 22.0 Å². The van der Waals surface area contributed by atoms with Crippen LogP contribution in [0.5, 0.6) is 0 Å². The van der Waals surface area contributed by atoms with Crippen LogP contribution in [0.1, 0.15) is 63.6 Å². The Morgan fingerprint density at radius 2 is 1.88 bits per heavy atom. The summed E-state index contributed by atoms with van der Waals surface area (Å²) in [6.07, 6.45) is 6.21. The number of carbonyl (C=O) groups is 2. The van der Waals surface area contributed by atoms with Gasteiger partial charge in [0.15, 0.2) is 5.82 Å². The van der Waals surface area contributed by atoms with Crippen LogP contribution in [0.25, 0.3) is 11.0 Å². The van der Waals surface area contributed by atoms with Crippen molar-refractivity contribution in [2.45, 2.75) is 63.8 Å². The molecule has 2 heterocycles. The number of anilines is 1. The largest absolute Gasteiger partial charge is 0.423 e. The topological polar surface area (TPSA) is 127 Å². The predicted octanol–water partition coefficient (Wildman–Crippen LogP) is 3.43.